The number of rotatable bonds is 5. The molecule has 0 radical (unpaired) electrons. The van der Waals surface area contributed by atoms with E-state index in [2.05, 4.69) is 34.6 Å². The number of carbonyl (C=O) groups excluding carboxylic acids is 1. The van der Waals surface area contributed by atoms with Gasteiger partial charge in [-0.15, -0.1) is 0 Å². The Kier molecular flexibility index (Phi) is 6.64. The van der Waals surface area contributed by atoms with E-state index in [0.29, 0.717) is 55.3 Å². The van der Waals surface area contributed by atoms with Gasteiger partial charge in [0, 0.05) is 12.3 Å². The molecule has 4 N–H and O–H groups in total. The van der Waals surface area contributed by atoms with Gasteiger partial charge < -0.3 is 20.4 Å². The normalized spacial score (nSPS) is 49.2. The van der Waals surface area contributed by atoms with Crippen molar-refractivity contribution in [1.82, 2.24) is 0 Å². The van der Waals surface area contributed by atoms with Crippen LogP contribution in [0.15, 0.2) is 0 Å². The van der Waals surface area contributed by atoms with Crippen molar-refractivity contribution in [2.75, 3.05) is 0 Å². The maximum absolute atomic E-state index is 13.3. The minimum absolute atomic E-state index is 0.0320. The van der Waals surface area contributed by atoms with E-state index in [1.807, 2.05) is 0 Å². The van der Waals surface area contributed by atoms with Crippen molar-refractivity contribution in [3.8, 4) is 0 Å². The summed E-state index contributed by atoms with van der Waals surface area (Å²) in [5.41, 5.74) is -0.147. The van der Waals surface area contributed by atoms with Crippen LogP contribution in [-0.2, 0) is 4.79 Å². The van der Waals surface area contributed by atoms with E-state index in [1.165, 1.54) is 0 Å². The van der Waals surface area contributed by atoms with Gasteiger partial charge in [-0.2, -0.15) is 0 Å². The van der Waals surface area contributed by atoms with Crippen LogP contribution in [0.25, 0.3) is 0 Å². The summed E-state index contributed by atoms with van der Waals surface area (Å²) >= 11 is 0. The molecular weight excluding hydrogens is 404 g/mol. The zero-order chi connectivity index (χ0) is 23.6. The van der Waals surface area contributed by atoms with E-state index in [4.69, 9.17) is 0 Å². The molecule has 0 spiro atoms. The number of fused-ring (bicyclic) bond motifs is 5. The van der Waals surface area contributed by atoms with Gasteiger partial charge >= 0.3 is 0 Å². The minimum Gasteiger partial charge on any atom is -0.390 e. The third-order valence-electron chi connectivity index (χ3n) is 10.8. The van der Waals surface area contributed by atoms with Gasteiger partial charge in [0.05, 0.1) is 24.4 Å². The standard InChI is InChI=1S/C27H46O5/c1-14(2)10-23(30)25(32)15(3)17-6-7-18-16-11-21(28)20-12-22(29)24(31)13-27(20,5)19(16)8-9-26(17,18)4/h14-20,22-25,29-32H,6-13H2,1-5H3/t15-,16-,17+,18-,19-,20+,22-,23+,24+,25+,26-,27+/m0/s1. The molecule has 0 bridgehead atoms. The van der Waals surface area contributed by atoms with Crippen molar-refractivity contribution >= 4 is 5.78 Å². The first-order chi connectivity index (χ1) is 14.9. The van der Waals surface area contributed by atoms with E-state index in [1.54, 1.807) is 0 Å². The summed E-state index contributed by atoms with van der Waals surface area (Å²) in [6, 6.07) is 0. The average Bonchev–Trinajstić information content (AvgIpc) is 3.06. The molecule has 32 heavy (non-hydrogen) atoms. The molecule has 0 saturated heterocycles. The lowest BCUT2D eigenvalue weighted by Gasteiger charge is -2.61. The molecule has 4 saturated carbocycles. The van der Waals surface area contributed by atoms with Gasteiger partial charge in [-0.1, -0.05) is 34.6 Å². The second-order valence-electron chi connectivity index (χ2n) is 13.0. The van der Waals surface area contributed by atoms with E-state index in [0.717, 1.165) is 25.7 Å². The fourth-order valence-corrected chi connectivity index (χ4v) is 9.19. The number of aliphatic hydroxyl groups excluding tert-OH is 4. The molecule has 0 aromatic rings. The Morgan fingerprint density at radius 2 is 1.62 bits per heavy atom. The Bertz CT molecular complexity index is 708. The highest BCUT2D eigenvalue weighted by Crippen LogP contribution is 2.67. The van der Waals surface area contributed by atoms with Crippen LogP contribution in [0.5, 0.6) is 0 Å². The molecule has 0 aromatic heterocycles. The topological polar surface area (TPSA) is 98.0 Å². The van der Waals surface area contributed by atoms with Crippen molar-refractivity contribution in [3.05, 3.63) is 0 Å². The van der Waals surface area contributed by atoms with Crippen molar-refractivity contribution in [3.63, 3.8) is 0 Å². The molecule has 5 nitrogen and oxygen atoms in total. The SMILES string of the molecule is CC(C)C[C@@H](O)[C@H](O)[C@@H](C)[C@H]1CC[C@H]2[C@@H]3CC(=O)[C@H]4C[C@H](O)[C@H](O)C[C@]4(C)[C@H]3CC[C@@]12C. The summed E-state index contributed by atoms with van der Waals surface area (Å²) in [6.07, 6.45) is 3.50. The molecule has 0 aliphatic heterocycles. The van der Waals surface area contributed by atoms with Crippen LogP contribution in [0.4, 0.5) is 0 Å². The molecule has 12 atom stereocenters. The van der Waals surface area contributed by atoms with Gasteiger partial charge in [0.25, 0.3) is 0 Å². The number of hydrogen-bond acceptors (Lipinski definition) is 5. The zero-order valence-electron chi connectivity index (χ0n) is 20.7. The summed E-state index contributed by atoms with van der Waals surface area (Å²) in [7, 11) is 0. The molecule has 4 aliphatic rings. The van der Waals surface area contributed by atoms with Crippen molar-refractivity contribution in [2.24, 2.45) is 52.3 Å². The molecule has 4 aliphatic carbocycles. The monoisotopic (exact) mass is 450 g/mol. The smallest absolute Gasteiger partial charge is 0.136 e. The van der Waals surface area contributed by atoms with Gasteiger partial charge in [-0.25, -0.2) is 0 Å². The van der Waals surface area contributed by atoms with Gasteiger partial charge in [0.15, 0.2) is 0 Å². The van der Waals surface area contributed by atoms with Crippen LogP contribution in [0.3, 0.4) is 0 Å². The van der Waals surface area contributed by atoms with Crippen LogP contribution in [0.1, 0.15) is 86.0 Å². The highest BCUT2D eigenvalue weighted by molar-refractivity contribution is 5.83. The van der Waals surface area contributed by atoms with Crippen molar-refractivity contribution < 1.29 is 25.2 Å². The molecule has 0 amide bonds. The Balaban J connectivity index is 1.55. The fraction of sp³-hybridized carbons (Fsp3) is 0.963. The number of Topliss-reactive ketones (excluding diaryl/α,β-unsaturated/α-hetero) is 1. The second-order valence-corrected chi connectivity index (χ2v) is 13.0. The van der Waals surface area contributed by atoms with Crippen LogP contribution >= 0.6 is 0 Å². The van der Waals surface area contributed by atoms with Crippen LogP contribution < -0.4 is 0 Å². The summed E-state index contributed by atoms with van der Waals surface area (Å²) in [6.45, 7) is 10.8. The van der Waals surface area contributed by atoms with Crippen LogP contribution in [-0.4, -0.2) is 50.6 Å². The van der Waals surface area contributed by atoms with Crippen LogP contribution in [0, 0.1) is 52.3 Å². The molecular formula is C27H46O5. The molecule has 0 aromatic carbocycles. The number of carbonyl (C=O) groups is 1. The molecule has 4 fully saturated rings. The van der Waals surface area contributed by atoms with E-state index < -0.39 is 24.4 Å². The molecule has 5 heteroatoms. The third-order valence-corrected chi connectivity index (χ3v) is 10.8. The van der Waals surface area contributed by atoms with Gasteiger partial charge in [-0.05, 0) is 91.3 Å². The van der Waals surface area contributed by atoms with E-state index in [-0.39, 0.29) is 28.4 Å². The van der Waals surface area contributed by atoms with Gasteiger partial charge in [0.2, 0.25) is 0 Å². The Morgan fingerprint density at radius 1 is 0.969 bits per heavy atom. The first kappa shape index (κ1) is 24.6. The predicted octanol–water partition coefficient (Wildman–Crippen LogP) is 3.56. The summed E-state index contributed by atoms with van der Waals surface area (Å²) < 4.78 is 0. The first-order valence-electron chi connectivity index (χ1n) is 13.1. The lowest BCUT2D eigenvalue weighted by Crippen LogP contribution is -2.59. The Labute approximate surface area is 194 Å². The average molecular weight is 451 g/mol. The third kappa shape index (κ3) is 3.79. The maximum Gasteiger partial charge on any atom is 0.136 e. The van der Waals surface area contributed by atoms with Crippen molar-refractivity contribution in [2.45, 2.75) is 110 Å². The molecule has 0 heterocycles. The van der Waals surface area contributed by atoms with E-state index >= 15 is 0 Å². The highest BCUT2D eigenvalue weighted by atomic mass is 16.3. The Hall–Kier alpha value is -0.490. The summed E-state index contributed by atoms with van der Waals surface area (Å²) in [5, 5.41) is 42.3. The zero-order valence-corrected chi connectivity index (χ0v) is 20.7. The minimum atomic E-state index is -0.780. The predicted molar refractivity (Wildman–Crippen MR) is 124 cm³/mol. The number of aliphatic hydroxyl groups is 4. The number of ketones is 1. The van der Waals surface area contributed by atoms with Gasteiger partial charge in [0.1, 0.15) is 5.78 Å². The Morgan fingerprint density at radius 3 is 2.28 bits per heavy atom. The largest absolute Gasteiger partial charge is 0.390 e. The summed E-state index contributed by atoms with van der Waals surface area (Å²) in [4.78, 5) is 13.3. The quantitative estimate of drug-likeness (QED) is 0.513. The first-order valence-corrected chi connectivity index (χ1v) is 13.1. The lowest BCUT2D eigenvalue weighted by molar-refractivity contribution is -0.174. The summed E-state index contributed by atoms with van der Waals surface area (Å²) in [5.74, 6) is 2.09. The van der Waals surface area contributed by atoms with Crippen molar-refractivity contribution in [1.29, 1.82) is 0 Å². The highest BCUT2D eigenvalue weighted by Gasteiger charge is 2.63. The fourth-order valence-electron chi connectivity index (χ4n) is 9.19. The molecule has 0 unspecified atom stereocenters. The maximum atomic E-state index is 13.3. The number of hydrogen-bond donors (Lipinski definition) is 4. The van der Waals surface area contributed by atoms with Gasteiger partial charge in [-0.3, -0.25) is 4.79 Å². The molecule has 184 valence electrons. The lowest BCUT2D eigenvalue weighted by atomic mass is 9.44. The second kappa shape index (κ2) is 8.62. The molecule has 4 rings (SSSR count). The van der Waals surface area contributed by atoms with Crippen LogP contribution in [0.2, 0.25) is 0 Å². The van der Waals surface area contributed by atoms with E-state index in [9.17, 15) is 25.2 Å².